The SMILES string of the molecule is CC(C)(C)c1ccc(CNc2ncccc2S(C)(=O)=O)cc1. The molecule has 1 aromatic heterocycles. The third-order valence-electron chi connectivity index (χ3n) is 3.45. The molecule has 118 valence electrons. The number of aromatic nitrogens is 1. The Bertz CT molecular complexity index is 745. The summed E-state index contributed by atoms with van der Waals surface area (Å²) in [4.78, 5) is 4.35. The second kappa shape index (κ2) is 6.08. The van der Waals surface area contributed by atoms with E-state index in [0.717, 1.165) is 5.56 Å². The summed E-state index contributed by atoms with van der Waals surface area (Å²) in [6, 6.07) is 11.5. The summed E-state index contributed by atoms with van der Waals surface area (Å²) >= 11 is 0. The highest BCUT2D eigenvalue weighted by molar-refractivity contribution is 7.90. The van der Waals surface area contributed by atoms with E-state index >= 15 is 0 Å². The van der Waals surface area contributed by atoms with Crippen LogP contribution >= 0.6 is 0 Å². The molecule has 0 radical (unpaired) electrons. The number of pyridine rings is 1. The van der Waals surface area contributed by atoms with Crippen molar-refractivity contribution >= 4 is 15.7 Å². The Morgan fingerprint density at radius 3 is 2.27 bits per heavy atom. The van der Waals surface area contributed by atoms with Crippen LogP contribution in [0.15, 0.2) is 47.5 Å². The van der Waals surface area contributed by atoms with Crippen LogP contribution in [0.1, 0.15) is 31.9 Å². The zero-order chi connectivity index (χ0) is 16.4. The highest BCUT2D eigenvalue weighted by Crippen LogP contribution is 2.23. The molecule has 2 aromatic rings. The van der Waals surface area contributed by atoms with Gasteiger partial charge >= 0.3 is 0 Å². The molecule has 0 unspecified atom stereocenters. The van der Waals surface area contributed by atoms with Crippen molar-refractivity contribution in [2.45, 2.75) is 37.6 Å². The van der Waals surface area contributed by atoms with Gasteiger partial charge in [-0.15, -0.1) is 0 Å². The maximum absolute atomic E-state index is 11.7. The van der Waals surface area contributed by atoms with Crippen LogP contribution in [0.3, 0.4) is 0 Å². The molecule has 0 saturated carbocycles. The number of anilines is 1. The number of hydrogen-bond donors (Lipinski definition) is 1. The first-order valence-corrected chi connectivity index (χ1v) is 9.05. The van der Waals surface area contributed by atoms with Gasteiger partial charge in [-0.05, 0) is 28.7 Å². The molecule has 0 aliphatic carbocycles. The number of hydrogen-bond acceptors (Lipinski definition) is 4. The largest absolute Gasteiger partial charge is 0.365 e. The van der Waals surface area contributed by atoms with E-state index in [1.165, 1.54) is 11.8 Å². The monoisotopic (exact) mass is 318 g/mol. The first kappa shape index (κ1) is 16.5. The van der Waals surface area contributed by atoms with E-state index in [2.05, 4.69) is 55.3 Å². The molecular formula is C17H22N2O2S. The lowest BCUT2D eigenvalue weighted by Crippen LogP contribution is -2.11. The van der Waals surface area contributed by atoms with E-state index in [4.69, 9.17) is 0 Å². The van der Waals surface area contributed by atoms with Crippen LogP contribution in [0.2, 0.25) is 0 Å². The smallest absolute Gasteiger partial charge is 0.179 e. The molecule has 0 spiro atoms. The molecule has 1 N–H and O–H groups in total. The number of rotatable bonds is 4. The first-order chi connectivity index (χ1) is 10.2. The quantitative estimate of drug-likeness (QED) is 0.938. The van der Waals surface area contributed by atoms with Crippen molar-refractivity contribution in [3.8, 4) is 0 Å². The van der Waals surface area contributed by atoms with Crippen LogP contribution in [-0.4, -0.2) is 19.7 Å². The van der Waals surface area contributed by atoms with Gasteiger partial charge in [-0.25, -0.2) is 13.4 Å². The maximum Gasteiger partial charge on any atom is 0.179 e. The van der Waals surface area contributed by atoms with Crippen LogP contribution in [0.4, 0.5) is 5.82 Å². The van der Waals surface area contributed by atoms with Gasteiger partial charge in [0.05, 0.1) is 0 Å². The highest BCUT2D eigenvalue weighted by Gasteiger charge is 2.14. The average molecular weight is 318 g/mol. The summed E-state index contributed by atoms with van der Waals surface area (Å²) in [5, 5.41) is 3.10. The van der Waals surface area contributed by atoms with Gasteiger partial charge in [-0.3, -0.25) is 0 Å². The summed E-state index contributed by atoms with van der Waals surface area (Å²) in [7, 11) is -3.29. The third kappa shape index (κ3) is 4.07. The van der Waals surface area contributed by atoms with Gasteiger partial charge in [0.15, 0.2) is 9.84 Å². The first-order valence-electron chi connectivity index (χ1n) is 7.16. The zero-order valence-corrected chi connectivity index (χ0v) is 14.2. The fraction of sp³-hybridized carbons (Fsp3) is 0.353. The van der Waals surface area contributed by atoms with Crippen LogP contribution in [0.25, 0.3) is 0 Å². The predicted octanol–water partition coefficient (Wildman–Crippen LogP) is 3.39. The van der Waals surface area contributed by atoms with Crippen molar-refractivity contribution in [3.05, 3.63) is 53.7 Å². The summed E-state index contributed by atoms with van der Waals surface area (Å²) < 4.78 is 23.5. The molecule has 0 aliphatic rings. The Hall–Kier alpha value is -1.88. The molecule has 22 heavy (non-hydrogen) atoms. The van der Waals surface area contributed by atoms with Crippen molar-refractivity contribution < 1.29 is 8.42 Å². The topological polar surface area (TPSA) is 59.1 Å². The zero-order valence-electron chi connectivity index (χ0n) is 13.4. The molecule has 0 bridgehead atoms. The van der Waals surface area contributed by atoms with Gasteiger partial charge in [0.2, 0.25) is 0 Å². The van der Waals surface area contributed by atoms with E-state index in [1.54, 1.807) is 18.3 Å². The van der Waals surface area contributed by atoms with Gasteiger partial charge in [0.1, 0.15) is 10.7 Å². The third-order valence-corrected chi connectivity index (χ3v) is 4.58. The molecule has 0 atom stereocenters. The van der Waals surface area contributed by atoms with E-state index in [-0.39, 0.29) is 10.3 Å². The molecule has 0 amide bonds. The Labute approximate surface area is 132 Å². The fourth-order valence-corrected chi connectivity index (χ4v) is 2.93. The predicted molar refractivity (Wildman–Crippen MR) is 89.8 cm³/mol. The molecule has 1 heterocycles. The average Bonchev–Trinajstić information content (AvgIpc) is 2.44. The van der Waals surface area contributed by atoms with Crippen LogP contribution in [0, 0.1) is 0 Å². The molecule has 0 saturated heterocycles. The Morgan fingerprint density at radius 2 is 1.73 bits per heavy atom. The van der Waals surface area contributed by atoms with E-state index in [9.17, 15) is 8.42 Å². The Balaban J connectivity index is 2.15. The van der Waals surface area contributed by atoms with Gasteiger partial charge in [0, 0.05) is 19.0 Å². The standard InChI is InChI=1S/C17H22N2O2S/c1-17(2,3)14-9-7-13(8-10-14)12-19-16-15(22(4,20)21)6-5-11-18-16/h5-11H,12H2,1-4H3,(H,18,19). The Morgan fingerprint density at radius 1 is 1.09 bits per heavy atom. The van der Waals surface area contributed by atoms with Crippen molar-refractivity contribution in [3.63, 3.8) is 0 Å². The summed E-state index contributed by atoms with van der Waals surface area (Å²) in [6.45, 7) is 7.05. The van der Waals surface area contributed by atoms with Crippen LogP contribution in [0.5, 0.6) is 0 Å². The lowest BCUT2D eigenvalue weighted by molar-refractivity contribution is 0.590. The van der Waals surface area contributed by atoms with Crippen LogP contribution < -0.4 is 5.32 Å². The van der Waals surface area contributed by atoms with Crippen LogP contribution in [-0.2, 0) is 21.8 Å². The molecule has 1 aromatic carbocycles. The van der Waals surface area contributed by atoms with Gasteiger partial charge in [-0.2, -0.15) is 0 Å². The Kier molecular flexibility index (Phi) is 4.56. The number of sulfone groups is 1. The number of nitrogens with one attached hydrogen (secondary N) is 1. The summed E-state index contributed by atoms with van der Waals surface area (Å²) in [6.07, 6.45) is 2.77. The molecule has 0 aliphatic heterocycles. The van der Waals surface area contributed by atoms with Gasteiger partial charge < -0.3 is 5.32 Å². The number of benzene rings is 1. The molecule has 2 rings (SSSR count). The van der Waals surface area contributed by atoms with Crippen molar-refractivity contribution in [1.82, 2.24) is 4.98 Å². The molecule has 0 fully saturated rings. The van der Waals surface area contributed by atoms with Crippen molar-refractivity contribution in [1.29, 1.82) is 0 Å². The normalized spacial score (nSPS) is 12.2. The highest BCUT2D eigenvalue weighted by atomic mass is 32.2. The van der Waals surface area contributed by atoms with E-state index in [1.807, 2.05) is 0 Å². The van der Waals surface area contributed by atoms with E-state index in [0.29, 0.717) is 12.4 Å². The van der Waals surface area contributed by atoms with Gasteiger partial charge in [0.25, 0.3) is 0 Å². The van der Waals surface area contributed by atoms with Crippen molar-refractivity contribution in [2.75, 3.05) is 11.6 Å². The van der Waals surface area contributed by atoms with E-state index < -0.39 is 9.84 Å². The second-order valence-electron chi connectivity index (χ2n) is 6.42. The molecular weight excluding hydrogens is 296 g/mol. The number of nitrogens with zero attached hydrogens (tertiary/aromatic N) is 1. The summed E-state index contributed by atoms with van der Waals surface area (Å²) in [5.74, 6) is 0.393. The van der Waals surface area contributed by atoms with Gasteiger partial charge in [-0.1, -0.05) is 45.0 Å². The minimum absolute atomic E-state index is 0.121. The fourth-order valence-electron chi connectivity index (χ4n) is 2.13. The molecule has 5 heteroatoms. The minimum Gasteiger partial charge on any atom is -0.365 e. The minimum atomic E-state index is -3.29. The molecule has 4 nitrogen and oxygen atoms in total. The summed E-state index contributed by atoms with van der Waals surface area (Å²) in [5.41, 5.74) is 2.47. The maximum atomic E-state index is 11.7. The second-order valence-corrected chi connectivity index (χ2v) is 8.41. The lowest BCUT2D eigenvalue weighted by Gasteiger charge is -2.19. The lowest BCUT2D eigenvalue weighted by atomic mass is 9.87. The van der Waals surface area contributed by atoms with Crippen molar-refractivity contribution in [2.24, 2.45) is 0 Å².